The molecule has 1 unspecified atom stereocenters. The zero-order chi connectivity index (χ0) is 12.8. The third-order valence-corrected chi connectivity index (χ3v) is 3.43. The summed E-state index contributed by atoms with van der Waals surface area (Å²) in [6, 6.07) is 5.92. The minimum absolute atomic E-state index is 0.130. The molecule has 0 saturated heterocycles. The molecule has 0 aliphatic rings. The molecule has 0 heterocycles. The number of aliphatic hydroxyl groups is 1. The third-order valence-electron chi connectivity index (χ3n) is 2.57. The summed E-state index contributed by atoms with van der Waals surface area (Å²) in [6.07, 6.45) is 0.960. The van der Waals surface area contributed by atoms with E-state index in [1.807, 2.05) is 18.2 Å². The molecule has 0 fully saturated rings. The summed E-state index contributed by atoms with van der Waals surface area (Å²) in [4.78, 5) is 0. The second kappa shape index (κ2) is 7.37. The van der Waals surface area contributed by atoms with Crippen LogP contribution in [0.25, 0.3) is 0 Å². The average Bonchev–Trinajstić information content (AvgIpc) is 2.28. The van der Waals surface area contributed by atoms with E-state index in [2.05, 4.69) is 35.1 Å². The molecule has 0 aromatic heterocycles. The lowest BCUT2D eigenvalue weighted by molar-refractivity contribution is 0.223. The molecule has 0 amide bonds. The maximum atomic E-state index is 9.27. The maximum Gasteiger partial charge on any atom is 0.0584 e. The Labute approximate surface area is 117 Å². The van der Waals surface area contributed by atoms with Gasteiger partial charge in [-0.2, -0.15) is 0 Å². The first-order valence-electron chi connectivity index (χ1n) is 5.81. The van der Waals surface area contributed by atoms with Crippen molar-refractivity contribution < 1.29 is 5.11 Å². The first kappa shape index (κ1) is 15.0. The van der Waals surface area contributed by atoms with Crippen molar-refractivity contribution in [3.63, 3.8) is 0 Å². The first-order chi connectivity index (χ1) is 8.02. The Balaban J connectivity index is 2.56. The molecule has 17 heavy (non-hydrogen) atoms. The number of halogens is 2. The second-order valence-corrected chi connectivity index (χ2v) is 5.95. The van der Waals surface area contributed by atoms with Crippen LogP contribution in [-0.2, 0) is 6.54 Å². The van der Waals surface area contributed by atoms with Gasteiger partial charge in [0, 0.05) is 22.1 Å². The highest BCUT2D eigenvalue weighted by Gasteiger charge is 2.10. The summed E-state index contributed by atoms with van der Waals surface area (Å²) in [5.41, 5.74) is 1.04. The Morgan fingerprint density at radius 2 is 2.12 bits per heavy atom. The summed E-state index contributed by atoms with van der Waals surface area (Å²) < 4.78 is 1.02. The van der Waals surface area contributed by atoms with E-state index in [-0.39, 0.29) is 12.6 Å². The van der Waals surface area contributed by atoms with Crippen molar-refractivity contribution in [3.05, 3.63) is 33.3 Å². The molecule has 1 rings (SSSR count). The summed E-state index contributed by atoms with van der Waals surface area (Å²) in [6.45, 7) is 5.13. The van der Waals surface area contributed by atoms with Gasteiger partial charge in [0.2, 0.25) is 0 Å². The summed E-state index contributed by atoms with van der Waals surface area (Å²) in [5.74, 6) is 0.567. The molecule has 0 saturated carbocycles. The van der Waals surface area contributed by atoms with Gasteiger partial charge in [-0.25, -0.2) is 0 Å². The van der Waals surface area contributed by atoms with Crippen LogP contribution in [0.4, 0.5) is 0 Å². The predicted octanol–water partition coefficient (Wildman–Crippen LogP) is 3.60. The van der Waals surface area contributed by atoms with Crippen LogP contribution in [0.3, 0.4) is 0 Å². The molecule has 1 aromatic rings. The number of nitrogens with one attached hydrogen (secondary N) is 1. The van der Waals surface area contributed by atoms with Crippen LogP contribution in [0.2, 0.25) is 5.02 Å². The van der Waals surface area contributed by atoms with Gasteiger partial charge in [-0.1, -0.05) is 41.4 Å². The van der Waals surface area contributed by atoms with Crippen molar-refractivity contribution in [3.8, 4) is 0 Å². The largest absolute Gasteiger partial charge is 0.395 e. The molecule has 1 atom stereocenters. The topological polar surface area (TPSA) is 32.3 Å². The normalized spacial score (nSPS) is 13.1. The number of benzene rings is 1. The molecule has 2 N–H and O–H groups in total. The highest BCUT2D eigenvalue weighted by Crippen LogP contribution is 2.21. The number of aliphatic hydroxyl groups excluding tert-OH is 1. The minimum Gasteiger partial charge on any atom is -0.395 e. The average molecular weight is 321 g/mol. The Bertz CT molecular complexity index is 357. The van der Waals surface area contributed by atoms with E-state index in [1.165, 1.54) is 0 Å². The van der Waals surface area contributed by atoms with Crippen LogP contribution in [-0.4, -0.2) is 17.8 Å². The fourth-order valence-corrected chi connectivity index (χ4v) is 2.32. The van der Waals surface area contributed by atoms with E-state index in [1.54, 1.807) is 0 Å². The van der Waals surface area contributed by atoms with Gasteiger partial charge in [0.25, 0.3) is 0 Å². The molecule has 1 aromatic carbocycles. The van der Waals surface area contributed by atoms with Gasteiger partial charge in [-0.3, -0.25) is 0 Å². The minimum atomic E-state index is 0.130. The monoisotopic (exact) mass is 319 g/mol. The smallest absolute Gasteiger partial charge is 0.0584 e. The Morgan fingerprint density at radius 1 is 1.41 bits per heavy atom. The van der Waals surface area contributed by atoms with Crippen LogP contribution in [0, 0.1) is 5.92 Å². The zero-order valence-electron chi connectivity index (χ0n) is 10.2. The highest BCUT2D eigenvalue weighted by molar-refractivity contribution is 9.10. The van der Waals surface area contributed by atoms with Gasteiger partial charge in [0.1, 0.15) is 0 Å². The Hall–Kier alpha value is -0.0900. The standard InChI is InChI=1S/C13H19BrClNO/c1-9(2)5-12(8-17)16-7-10-6-11(14)3-4-13(10)15/h3-4,6,9,12,16-17H,5,7-8H2,1-2H3. The van der Waals surface area contributed by atoms with E-state index in [0.717, 1.165) is 21.5 Å². The highest BCUT2D eigenvalue weighted by atomic mass is 79.9. The van der Waals surface area contributed by atoms with Gasteiger partial charge in [-0.15, -0.1) is 0 Å². The second-order valence-electron chi connectivity index (χ2n) is 4.63. The molecule has 96 valence electrons. The van der Waals surface area contributed by atoms with E-state index < -0.39 is 0 Å². The molecular formula is C13H19BrClNO. The summed E-state index contributed by atoms with van der Waals surface area (Å²) in [7, 11) is 0. The molecule has 2 nitrogen and oxygen atoms in total. The number of hydrogen-bond donors (Lipinski definition) is 2. The molecule has 0 aliphatic heterocycles. The molecule has 0 aliphatic carbocycles. The van der Waals surface area contributed by atoms with Crippen molar-refractivity contribution in [1.82, 2.24) is 5.32 Å². The lowest BCUT2D eigenvalue weighted by Crippen LogP contribution is -2.33. The molecule has 0 radical (unpaired) electrons. The first-order valence-corrected chi connectivity index (χ1v) is 6.98. The van der Waals surface area contributed by atoms with E-state index in [0.29, 0.717) is 12.5 Å². The fraction of sp³-hybridized carbons (Fsp3) is 0.538. The Morgan fingerprint density at radius 3 is 2.71 bits per heavy atom. The van der Waals surface area contributed by atoms with E-state index >= 15 is 0 Å². The SMILES string of the molecule is CC(C)CC(CO)NCc1cc(Br)ccc1Cl. The predicted molar refractivity (Wildman–Crippen MR) is 76.3 cm³/mol. The van der Waals surface area contributed by atoms with Crippen molar-refractivity contribution in [2.45, 2.75) is 32.9 Å². The summed E-state index contributed by atoms with van der Waals surface area (Å²) in [5, 5.41) is 13.4. The van der Waals surface area contributed by atoms with Crippen LogP contribution < -0.4 is 5.32 Å². The van der Waals surface area contributed by atoms with Crippen LogP contribution in [0.1, 0.15) is 25.8 Å². The van der Waals surface area contributed by atoms with Gasteiger partial charge in [-0.05, 0) is 36.1 Å². The van der Waals surface area contributed by atoms with Gasteiger partial charge in [0.05, 0.1) is 6.61 Å². The number of rotatable bonds is 6. The van der Waals surface area contributed by atoms with Gasteiger partial charge >= 0.3 is 0 Å². The molecule has 4 heteroatoms. The fourth-order valence-electron chi connectivity index (χ4n) is 1.72. The zero-order valence-corrected chi connectivity index (χ0v) is 12.6. The lowest BCUT2D eigenvalue weighted by Gasteiger charge is -2.18. The van der Waals surface area contributed by atoms with E-state index in [9.17, 15) is 5.11 Å². The van der Waals surface area contributed by atoms with E-state index in [4.69, 9.17) is 11.6 Å². The van der Waals surface area contributed by atoms with Crippen molar-refractivity contribution >= 4 is 27.5 Å². The van der Waals surface area contributed by atoms with Crippen LogP contribution in [0.5, 0.6) is 0 Å². The third kappa shape index (κ3) is 5.38. The quantitative estimate of drug-likeness (QED) is 0.839. The lowest BCUT2D eigenvalue weighted by atomic mass is 10.0. The molecule has 0 bridgehead atoms. The van der Waals surface area contributed by atoms with Crippen LogP contribution in [0.15, 0.2) is 22.7 Å². The van der Waals surface area contributed by atoms with Crippen LogP contribution >= 0.6 is 27.5 Å². The summed E-state index contributed by atoms with van der Waals surface area (Å²) >= 11 is 9.53. The molecular weight excluding hydrogens is 302 g/mol. The van der Waals surface area contributed by atoms with Gasteiger partial charge in [0.15, 0.2) is 0 Å². The molecule has 0 spiro atoms. The van der Waals surface area contributed by atoms with Crippen molar-refractivity contribution in [1.29, 1.82) is 0 Å². The maximum absolute atomic E-state index is 9.27. The number of hydrogen-bond acceptors (Lipinski definition) is 2. The van der Waals surface area contributed by atoms with Gasteiger partial charge < -0.3 is 10.4 Å². The Kier molecular flexibility index (Phi) is 6.49. The van der Waals surface area contributed by atoms with Crippen molar-refractivity contribution in [2.75, 3.05) is 6.61 Å². The van der Waals surface area contributed by atoms with Crippen molar-refractivity contribution in [2.24, 2.45) is 5.92 Å².